The largest absolute Gasteiger partial charge is 0.298 e. The number of pyridine rings is 1. The molecule has 128 valence electrons. The smallest absolute Gasteiger partial charge is 0.152 e. The van der Waals surface area contributed by atoms with Crippen molar-refractivity contribution in [1.82, 2.24) is 14.9 Å². The number of aromatic nitrogens is 2. The van der Waals surface area contributed by atoms with Crippen LogP contribution >= 0.6 is 11.3 Å². The highest BCUT2D eigenvalue weighted by Gasteiger charge is 2.22. The summed E-state index contributed by atoms with van der Waals surface area (Å²) in [7, 11) is 0. The van der Waals surface area contributed by atoms with Gasteiger partial charge in [0.1, 0.15) is 0 Å². The van der Waals surface area contributed by atoms with E-state index in [0.29, 0.717) is 19.0 Å². The molecule has 3 heterocycles. The first-order valence-corrected chi connectivity index (χ1v) is 9.60. The van der Waals surface area contributed by atoms with Crippen molar-refractivity contribution >= 4 is 27.9 Å². The highest BCUT2D eigenvalue weighted by Crippen LogP contribution is 2.27. The summed E-state index contributed by atoms with van der Waals surface area (Å²) < 4.78 is 0. The van der Waals surface area contributed by atoms with Gasteiger partial charge in [0.15, 0.2) is 5.78 Å². The van der Waals surface area contributed by atoms with Gasteiger partial charge >= 0.3 is 0 Å². The van der Waals surface area contributed by atoms with Crippen LogP contribution in [0.5, 0.6) is 0 Å². The fourth-order valence-electron chi connectivity index (χ4n) is 3.51. The Kier molecular flexibility index (Phi) is 4.59. The van der Waals surface area contributed by atoms with Crippen LogP contribution in [0.15, 0.2) is 42.2 Å². The number of carbonyl (C=O) groups excluding carboxylic acids is 1. The molecule has 1 aliphatic heterocycles. The zero-order chi connectivity index (χ0) is 17.2. The number of ketones is 1. The topological polar surface area (TPSA) is 46.1 Å². The predicted octanol–water partition coefficient (Wildman–Crippen LogP) is 3.95. The molecule has 25 heavy (non-hydrogen) atoms. The Balaban J connectivity index is 1.52. The predicted molar refractivity (Wildman–Crippen MR) is 102 cm³/mol. The first-order chi connectivity index (χ1) is 12.2. The molecule has 3 aromatic rings. The molecule has 0 radical (unpaired) electrons. The van der Waals surface area contributed by atoms with Crippen molar-refractivity contribution in [2.24, 2.45) is 0 Å². The number of carbonyl (C=O) groups is 1. The van der Waals surface area contributed by atoms with E-state index in [1.54, 1.807) is 11.3 Å². The number of Topliss-reactive ketones (excluding diaryl/α,β-unsaturated/α-hetero) is 1. The molecule has 0 saturated carbocycles. The minimum atomic E-state index is 0.249. The molecule has 4 nitrogen and oxygen atoms in total. The van der Waals surface area contributed by atoms with Crippen molar-refractivity contribution in [3.8, 4) is 10.4 Å². The molecule has 0 unspecified atom stereocenters. The van der Waals surface area contributed by atoms with Crippen molar-refractivity contribution in [3.05, 3.63) is 47.9 Å². The summed E-state index contributed by atoms with van der Waals surface area (Å²) in [5.41, 5.74) is 3.85. The quantitative estimate of drug-likeness (QED) is 0.698. The summed E-state index contributed by atoms with van der Waals surface area (Å²) in [6.07, 6.45) is 6.55. The molecule has 0 bridgehead atoms. The number of nitrogens with zero attached hydrogens (tertiary/aromatic N) is 3. The van der Waals surface area contributed by atoms with Crippen molar-refractivity contribution < 1.29 is 4.79 Å². The van der Waals surface area contributed by atoms with Crippen LogP contribution in [0.1, 0.15) is 25.5 Å². The summed E-state index contributed by atoms with van der Waals surface area (Å²) in [5.74, 6) is 0.249. The molecule has 0 aliphatic carbocycles. The summed E-state index contributed by atoms with van der Waals surface area (Å²) in [5, 5.41) is 2.22. The van der Waals surface area contributed by atoms with E-state index in [9.17, 15) is 4.79 Å². The number of likely N-dealkylation sites (tertiary alicyclic amines) is 1. The van der Waals surface area contributed by atoms with Crippen molar-refractivity contribution in [1.29, 1.82) is 0 Å². The number of thiazole rings is 1. The third-order valence-electron chi connectivity index (χ3n) is 4.94. The van der Waals surface area contributed by atoms with Crippen molar-refractivity contribution in [2.45, 2.75) is 32.2 Å². The highest BCUT2D eigenvalue weighted by atomic mass is 32.1. The number of rotatable bonds is 5. The van der Waals surface area contributed by atoms with Gasteiger partial charge in [-0.05, 0) is 49.4 Å². The second kappa shape index (κ2) is 7.02. The maximum atomic E-state index is 12.4. The van der Waals surface area contributed by atoms with E-state index in [-0.39, 0.29) is 5.78 Å². The maximum Gasteiger partial charge on any atom is 0.152 e. The van der Waals surface area contributed by atoms with Gasteiger partial charge in [-0.25, -0.2) is 0 Å². The van der Waals surface area contributed by atoms with Crippen molar-refractivity contribution in [2.75, 3.05) is 13.1 Å². The first kappa shape index (κ1) is 16.4. The Hall–Kier alpha value is -2.11. The van der Waals surface area contributed by atoms with Crippen molar-refractivity contribution in [3.63, 3.8) is 0 Å². The fourth-order valence-corrected chi connectivity index (χ4v) is 4.13. The van der Waals surface area contributed by atoms with Gasteiger partial charge in [0.2, 0.25) is 0 Å². The molecule has 1 fully saturated rings. The second-order valence-electron chi connectivity index (χ2n) is 6.78. The van der Waals surface area contributed by atoms with Crippen LogP contribution in [0.25, 0.3) is 21.2 Å². The summed E-state index contributed by atoms with van der Waals surface area (Å²) in [6, 6.07) is 8.90. The molecule has 0 spiro atoms. The lowest BCUT2D eigenvalue weighted by Gasteiger charge is -2.19. The van der Waals surface area contributed by atoms with Crippen LogP contribution < -0.4 is 0 Å². The molecule has 1 saturated heterocycles. The van der Waals surface area contributed by atoms with Gasteiger partial charge in [0, 0.05) is 29.5 Å². The third kappa shape index (κ3) is 3.62. The van der Waals surface area contributed by atoms with Crippen LogP contribution in [-0.4, -0.2) is 39.8 Å². The van der Waals surface area contributed by atoms with Gasteiger partial charge in [-0.2, -0.15) is 0 Å². The van der Waals surface area contributed by atoms with Crippen LogP contribution in [0.4, 0.5) is 0 Å². The van der Waals surface area contributed by atoms with Crippen LogP contribution in [0, 0.1) is 0 Å². The minimum absolute atomic E-state index is 0.249. The van der Waals surface area contributed by atoms with Gasteiger partial charge in [-0.15, -0.1) is 11.3 Å². The maximum absolute atomic E-state index is 12.4. The Morgan fingerprint density at radius 1 is 1.28 bits per heavy atom. The molecular formula is C20H21N3OS. The zero-order valence-corrected chi connectivity index (χ0v) is 15.1. The van der Waals surface area contributed by atoms with E-state index in [1.165, 1.54) is 12.8 Å². The lowest BCUT2D eigenvalue weighted by Crippen LogP contribution is -2.33. The van der Waals surface area contributed by atoms with E-state index < -0.39 is 0 Å². The number of hydrogen-bond acceptors (Lipinski definition) is 5. The summed E-state index contributed by atoms with van der Waals surface area (Å²) in [4.78, 5) is 24.5. The molecular weight excluding hydrogens is 330 g/mol. The Morgan fingerprint density at radius 3 is 2.96 bits per heavy atom. The summed E-state index contributed by atoms with van der Waals surface area (Å²) >= 11 is 1.63. The van der Waals surface area contributed by atoms with E-state index in [4.69, 9.17) is 0 Å². The lowest BCUT2D eigenvalue weighted by atomic mass is 10.1. The average molecular weight is 351 g/mol. The minimum Gasteiger partial charge on any atom is -0.298 e. The fraction of sp³-hybridized carbons (Fsp3) is 0.350. The monoisotopic (exact) mass is 351 g/mol. The number of hydrogen-bond donors (Lipinski definition) is 0. The van der Waals surface area contributed by atoms with Gasteiger partial charge < -0.3 is 0 Å². The van der Waals surface area contributed by atoms with Gasteiger partial charge in [-0.3, -0.25) is 19.7 Å². The Morgan fingerprint density at radius 2 is 2.20 bits per heavy atom. The molecule has 1 aromatic carbocycles. The molecule has 0 N–H and O–H groups in total. The Bertz CT molecular complexity index is 891. The average Bonchev–Trinajstić information content (AvgIpc) is 3.27. The zero-order valence-electron chi connectivity index (χ0n) is 14.3. The normalized spacial score (nSPS) is 18.0. The second-order valence-corrected chi connectivity index (χ2v) is 7.67. The third-order valence-corrected chi connectivity index (χ3v) is 5.77. The van der Waals surface area contributed by atoms with Crippen LogP contribution in [-0.2, 0) is 11.2 Å². The number of benzene rings is 1. The molecule has 4 rings (SSSR count). The van der Waals surface area contributed by atoms with Crippen LogP contribution in [0.3, 0.4) is 0 Å². The Labute approximate surface area is 151 Å². The summed E-state index contributed by atoms with van der Waals surface area (Å²) in [6.45, 7) is 3.79. The molecule has 1 aliphatic rings. The van der Waals surface area contributed by atoms with E-state index >= 15 is 0 Å². The van der Waals surface area contributed by atoms with E-state index in [1.807, 2.05) is 24.0 Å². The van der Waals surface area contributed by atoms with E-state index in [0.717, 1.165) is 33.5 Å². The van der Waals surface area contributed by atoms with Gasteiger partial charge in [0.05, 0.1) is 23.4 Å². The first-order valence-electron chi connectivity index (χ1n) is 8.72. The van der Waals surface area contributed by atoms with Gasteiger partial charge in [0.25, 0.3) is 0 Å². The standard InChI is InChI=1S/C20H21N3OS/c1-14-3-2-6-23(14)12-19(24)9-18-8-17-7-15(20-11-21-13-25-20)4-5-16(17)10-22-18/h4-5,7-8,10-11,13-14H,2-3,6,9,12H2,1H3/t14-/m1/s1. The SMILES string of the molecule is C[C@@H]1CCCN1CC(=O)Cc1cc2cc(-c3cncs3)ccc2cn1. The highest BCUT2D eigenvalue weighted by molar-refractivity contribution is 7.13. The molecule has 1 atom stereocenters. The van der Waals surface area contributed by atoms with E-state index in [2.05, 4.69) is 40.0 Å². The van der Waals surface area contributed by atoms with Gasteiger partial charge in [-0.1, -0.05) is 12.1 Å². The number of fused-ring (bicyclic) bond motifs is 1. The lowest BCUT2D eigenvalue weighted by molar-refractivity contribution is -0.119. The molecule has 0 amide bonds. The molecule has 2 aromatic heterocycles. The molecule has 5 heteroatoms. The van der Waals surface area contributed by atoms with Crippen LogP contribution in [0.2, 0.25) is 0 Å².